The van der Waals surface area contributed by atoms with Crippen LogP contribution < -0.4 is 9.47 Å². The Labute approximate surface area is 133 Å². The Kier molecular flexibility index (Phi) is 4.32. The van der Waals surface area contributed by atoms with Gasteiger partial charge in [-0.3, -0.25) is 4.98 Å². The van der Waals surface area contributed by atoms with Gasteiger partial charge in [-0.15, -0.1) is 11.3 Å². The van der Waals surface area contributed by atoms with E-state index in [4.69, 9.17) is 9.47 Å². The molecule has 2 aromatic rings. The van der Waals surface area contributed by atoms with Crippen LogP contribution in [0, 0.1) is 0 Å². The summed E-state index contributed by atoms with van der Waals surface area (Å²) in [5, 5.41) is 1.71. The number of pyridine rings is 1. The van der Waals surface area contributed by atoms with Gasteiger partial charge in [-0.1, -0.05) is 0 Å². The first-order chi connectivity index (χ1) is 10.6. The molecule has 6 nitrogen and oxygen atoms in total. The van der Waals surface area contributed by atoms with Crippen molar-refractivity contribution in [1.82, 2.24) is 9.29 Å². The first-order valence-corrected chi connectivity index (χ1v) is 9.11. The lowest BCUT2D eigenvalue weighted by Crippen LogP contribution is -2.30. The lowest BCUT2D eigenvalue weighted by Gasteiger charge is -2.17. The molecule has 1 fully saturated rings. The van der Waals surface area contributed by atoms with E-state index in [2.05, 4.69) is 4.98 Å². The van der Waals surface area contributed by atoms with Gasteiger partial charge in [0.25, 0.3) is 10.0 Å². The Morgan fingerprint density at radius 2 is 2.27 bits per heavy atom. The molecule has 8 heteroatoms. The molecule has 0 N–H and O–H groups in total. The van der Waals surface area contributed by atoms with Gasteiger partial charge in [0.1, 0.15) is 17.6 Å². The molecule has 3 rings (SSSR count). The van der Waals surface area contributed by atoms with Crippen LogP contribution >= 0.6 is 11.3 Å². The number of nitrogens with zero attached hydrogens (tertiary/aromatic N) is 2. The molecule has 0 aliphatic carbocycles. The third kappa shape index (κ3) is 2.94. The summed E-state index contributed by atoms with van der Waals surface area (Å²) in [5.41, 5.74) is 0. The topological polar surface area (TPSA) is 68.7 Å². The zero-order valence-corrected chi connectivity index (χ0v) is 13.6. The normalized spacial score (nSPS) is 19.2. The van der Waals surface area contributed by atoms with E-state index in [1.807, 2.05) is 6.07 Å². The molecule has 1 aliphatic rings. The first kappa shape index (κ1) is 15.3. The fourth-order valence-corrected chi connectivity index (χ4v) is 5.26. The van der Waals surface area contributed by atoms with Gasteiger partial charge < -0.3 is 9.47 Å². The van der Waals surface area contributed by atoms with Crippen molar-refractivity contribution < 1.29 is 17.9 Å². The van der Waals surface area contributed by atoms with Crippen LogP contribution in [0.15, 0.2) is 40.2 Å². The number of thiophene rings is 1. The third-order valence-electron chi connectivity index (χ3n) is 3.43. The predicted molar refractivity (Wildman–Crippen MR) is 82.9 cm³/mol. The SMILES string of the molecule is COc1ccsc1S(=O)(=O)N1CC[C@H](Oc2cccnc2)C1. The summed E-state index contributed by atoms with van der Waals surface area (Å²) in [5.74, 6) is 1.04. The Balaban J connectivity index is 1.72. The quantitative estimate of drug-likeness (QED) is 0.833. The first-order valence-electron chi connectivity index (χ1n) is 6.79. The maximum absolute atomic E-state index is 12.7. The molecule has 0 bridgehead atoms. The van der Waals surface area contributed by atoms with Gasteiger partial charge in [-0.2, -0.15) is 4.31 Å². The van der Waals surface area contributed by atoms with Gasteiger partial charge in [0, 0.05) is 12.7 Å². The fourth-order valence-electron chi connectivity index (χ4n) is 2.36. The number of ether oxygens (including phenoxy) is 2. The number of aromatic nitrogens is 1. The highest BCUT2D eigenvalue weighted by molar-refractivity contribution is 7.91. The zero-order chi connectivity index (χ0) is 15.6. The molecule has 1 atom stereocenters. The molecule has 0 amide bonds. The van der Waals surface area contributed by atoms with Crippen molar-refractivity contribution in [3.8, 4) is 11.5 Å². The number of rotatable bonds is 5. The van der Waals surface area contributed by atoms with Crippen molar-refractivity contribution in [3.63, 3.8) is 0 Å². The number of methoxy groups -OCH3 is 1. The predicted octanol–water partition coefficient (Wildman–Crippen LogP) is 1.99. The highest BCUT2D eigenvalue weighted by Gasteiger charge is 2.36. The number of hydrogen-bond acceptors (Lipinski definition) is 6. The lowest BCUT2D eigenvalue weighted by atomic mass is 10.3. The Hall–Kier alpha value is -1.64. The minimum Gasteiger partial charge on any atom is -0.494 e. The largest absolute Gasteiger partial charge is 0.494 e. The monoisotopic (exact) mass is 340 g/mol. The standard InChI is InChI=1S/C14H16N2O4S2/c1-19-13-5-8-21-14(13)22(17,18)16-7-4-12(10-16)20-11-3-2-6-15-9-11/h2-3,5-6,8-9,12H,4,7,10H2,1H3/t12-/m0/s1. The Bertz CT molecular complexity index is 730. The summed E-state index contributed by atoms with van der Waals surface area (Å²) < 4.78 is 37.9. The molecular formula is C14H16N2O4S2. The van der Waals surface area contributed by atoms with Gasteiger partial charge in [0.05, 0.1) is 19.9 Å². The van der Waals surface area contributed by atoms with Crippen molar-refractivity contribution in [2.24, 2.45) is 0 Å². The molecule has 0 spiro atoms. The van der Waals surface area contributed by atoms with Crippen molar-refractivity contribution in [1.29, 1.82) is 0 Å². The summed E-state index contributed by atoms with van der Waals surface area (Å²) in [7, 11) is -2.06. The zero-order valence-electron chi connectivity index (χ0n) is 12.0. The lowest BCUT2D eigenvalue weighted by molar-refractivity contribution is 0.214. The van der Waals surface area contributed by atoms with E-state index in [0.717, 1.165) is 0 Å². The molecule has 118 valence electrons. The molecule has 0 unspecified atom stereocenters. The molecule has 0 radical (unpaired) electrons. The van der Waals surface area contributed by atoms with Gasteiger partial charge in [-0.05, 0) is 30.0 Å². The van der Waals surface area contributed by atoms with Crippen molar-refractivity contribution >= 4 is 21.4 Å². The highest BCUT2D eigenvalue weighted by atomic mass is 32.2. The van der Waals surface area contributed by atoms with Gasteiger partial charge in [-0.25, -0.2) is 8.42 Å². The number of sulfonamides is 1. The van der Waals surface area contributed by atoms with Crippen molar-refractivity contribution in [2.45, 2.75) is 16.7 Å². The molecule has 2 aromatic heterocycles. The second-order valence-corrected chi connectivity index (χ2v) is 7.91. The smallest absolute Gasteiger partial charge is 0.256 e. The molecule has 1 saturated heterocycles. The fraction of sp³-hybridized carbons (Fsp3) is 0.357. The van der Waals surface area contributed by atoms with E-state index in [-0.39, 0.29) is 10.3 Å². The minimum atomic E-state index is -3.53. The van der Waals surface area contributed by atoms with Crippen LogP contribution in [0.25, 0.3) is 0 Å². The van der Waals surface area contributed by atoms with Crippen LogP contribution in [0.4, 0.5) is 0 Å². The molecule has 1 aliphatic heterocycles. The van der Waals surface area contributed by atoms with Crippen LogP contribution in [-0.2, 0) is 10.0 Å². The van der Waals surface area contributed by atoms with Crippen molar-refractivity contribution in [2.75, 3.05) is 20.2 Å². The Morgan fingerprint density at radius 1 is 1.41 bits per heavy atom. The van der Waals surface area contributed by atoms with E-state index in [0.29, 0.717) is 31.0 Å². The van der Waals surface area contributed by atoms with E-state index >= 15 is 0 Å². The van der Waals surface area contributed by atoms with Crippen LogP contribution in [0.5, 0.6) is 11.5 Å². The third-order valence-corrected chi connectivity index (χ3v) is 6.72. The summed E-state index contributed by atoms with van der Waals surface area (Å²) in [4.78, 5) is 3.99. The molecule has 0 saturated carbocycles. The van der Waals surface area contributed by atoms with E-state index in [1.165, 1.54) is 22.8 Å². The average molecular weight is 340 g/mol. The van der Waals surface area contributed by atoms with Crippen LogP contribution in [0.1, 0.15) is 6.42 Å². The van der Waals surface area contributed by atoms with E-state index < -0.39 is 10.0 Å². The van der Waals surface area contributed by atoms with Crippen molar-refractivity contribution in [3.05, 3.63) is 36.0 Å². The molecule has 0 aromatic carbocycles. The van der Waals surface area contributed by atoms with E-state index in [1.54, 1.807) is 29.9 Å². The van der Waals surface area contributed by atoms with E-state index in [9.17, 15) is 8.42 Å². The average Bonchev–Trinajstić information content (AvgIpc) is 3.17. The maximum Gasteiger partial charge on any atom is 0.256 e. The summed E-state index contributed by atoms with van der Waals surface area (Å²) in [6.45, 7) is 0.770. The summed E-state index contributed by atoms with van der Waals surface area (Å²) in [6.07, 6.45) is 3.78. The number of hydrogen-bond donors (Lipinski definition) is 0. The van der Waals surface area contributed by atoms with Crippen LogP contribution in [0.3, 0.4) is 0 Å². The molecular weight excluding hydrogens is 324 g/mol. The summed E-state index contributed by atoms with van der Waals surface area (Å²) in [6, 6.07) is 5.26. The van der Waals surface area contributed by atoms with Gasteiger partial charge in [0.2, 0.25) is 0 Å². The highest BCUT2D eigenvalue weighted by Crippen LogP contribution is 2.33. The van der Waals surface area contributed by atoms with Crippen LogP contribution in [0.2, 0.25) is 0 Å². The van der Waals surface area contributed by atoms with Gasteiger partial charge >= 0.3 is 0 Å². The summed E-state index contributed by atoms with van der Waals surface area (Å²) >= 11 is 1.17. The maximum atomic E-state index is 12.7. The van der Waals surface area contributed by atoms with Gasteiger partial charge in [0.15, 0.2) is 4.21 Å². The second kappa shape index (κ2) is 6.23. The van der Waals surface area contributed by atoms with Crippen LogP contribution in [-0.4, -0.2) is 44.0 Å². The Morgan fingerprint density at radius 3 is 3.00 bits per heavy atom. The molecule has 3 heterocycles. The second-order valence-electron chi connectivity index (χ2n) is 4.86. The molecule has 22 heavy (non-hydrogen) atoms. The minimum absolute atomic E-state index is 0.162.